The number of thiocarbonyl (C=S) groups is 1. The van der Waals surface area contributed by atoms with Crippen molar-refractivity contribution in [3.8, 4) is 0 Å². The molecule has 0 bridgehead atoms. The molecule has 0 unspecified atom stereocenters. The fourth-order valence-electron chi connectivity index (χ4n) is 2.68. The van der Waals surface area contributed by atoms with Gasteiger partial charge in [-0.1, -0.05) is 23.2 Å². The van der Waals surface area contributed by atoms with Gasteiger partial charge in [0.1, 0.15) is 0 Å². The van der Waals surface area contributed by atoms with Crippen LogP contribution >= 0.6 is 35.4 Å². The van der Waals surface area contributed by atoms with Crippen molar-refractivity contribution in [1.82, 2.24) is 9.47 Å². The number of hydrogen-bond acceptors (Lipinski definition) is 1. The molecule has 0 saturated heterocycles. The first kappa shape index (κ1) is 14.7. The quantitative estimate of drug-likeness (QED) is 0.768. The summed E-state index contributed by atoms with van der Waals surface area (Å²) in [4.78, 5) is 2.18. The molecule has 1 aliphatic rings. The summed E-state index contributed by atoms with van der Waals surface area (Å²) in [7, 11) is 0. The van der Waals surface area contributed by atoms with Crippen molar-refractivity contribution < 1.29 is 0 Å². The van der Waals surface area contributed by atoms with Crippen molar-refractivity contribution in [3.63, 3.8) is 0 Å². The minimum atomic E-state index is 0.239. The van der Waals surface area contributed by atoms with E-state index in [1.807, 2.05) is 12.1 Å². The number of hydrogen-bond donors (Lipinski definition) is 1. The minimum Gasteiger partial charge on any atom is -0.348 e. The van der Waals surface area contributed by atoms with E-state index in [4.69, 9.17) is 35.4 Å². The van der Waals surface area contributed by atoms with Gasteiger partial charge in [0.05, 0.1) is 6.04 Å². The van der Waals surface area contributed by atoms with Gasteiger partial charge < -0.3 is 14.8 Å². The van der Waals surface area contributed by atoms with Crippen LogP contribution in [0.15, 0.2) is 36.5 Å². The van der Waals surface area contributed by atoms with Crippen molar-refractivity contribution >= 4 is 46.2 Å². The topological polar surface area (TPSA) is 20.2 Å². The van der Waals surface area contributed by atoms with Crippen LogP contribution in [0.4, 0.5) is 5.69 Å². The smallest absolute Gasteiger partial charge is 0.174 e. The van der Waals surface area contributed by atoms with Crippen LogP contribution in [0, 0.1) is 0 Å². The molecule has 0 fully saturated rings. The number of nitrogens with one attached hydrogen (secondary N) is 1. The lowest BCUT2D eigenvalue weighted by Crippen LogP contribution is -2.42. The van der Waals surface area contributed by atoms with Gasteiger partial charge in [0.25, 0.3) is 0 Å². The highest BCUT2D eigenvalue weighted by atomic mass is 35.5. The van der Waals surface area contributed by atoms with Crippen LogP contribution in [-0.4, -0.2) is 21.1 Å². The number of fused-ring (bicyclic) bond motifs is 1. The molecule has 0 radical (unpaired) electrons. The van der Waals surface area contributed by atoms with Gasteiger partial charge in [0.15, 0.2) is 5.11 Å². The highest BCUT2D eigenvalue weighted by Crippen LogP contribution is 2.27. The van der Waals surface area contributed by atoms with Gasteiger partial charge in [-0.05, 0) is 49.5 Å². The molecule has 0 amide bonds. The van der Waals surface area contributed by atoms with Crippen molar-refractivity contribution in [2.45, 2.75) is 19.5 Å². The molecule has 21 heavy (non-hydrogen) atoms. The molecule has 1 aromatic carbocycles. The monoisotopic (exact) mass is 339 g/mol. The largest absolute Gasteiger partial charge is 0.348 e. The Bertz CT molecular complexity index is 663. The summed E-state index contributed by atoms with van der Waals surface area (Å²) in [5.41, 5.74) is 2.08. The molecule has 3 nitrogen and oxygen atoms in total. The van der Waals surface area contributed by atoms with Crippen LogP contribution in [-0.2, 0) is 6.54 Å². The Morgan fingerprint density at radius 2 is 1.95 bits per heavy atom. The first-order valence-electron chi connectivity index (χ1n) is 6.73. The third-order valence-electron chi connectivity index (χ3n) is 3.72. The molecule has 2 aromatic rings. The average molecular weight is 340 g/mol. The maximum Gasteiger partial charge on any atom is 0.174 e. The molecule has 0 spiro atoms. The zero-order valence-corrected chi connectivity index (χ0v) is 13.8. The average Bonchev–Trinajstić information content (AvgIpc) is 2.86. The summed E-state index contributed by atoms with van der Waals surface area (Å²) >= 11 is 17.6. The Morgan fingerprint density at radius 1 is 1.24 bits per heavy atom. The number of aromatic nitrogens is 1. The lowest BCUT2D eigenvalue weighted by atomic mass is 10.1. The van der Waals surface area contributed by atoms with E-state index in [-0.39, 0.29) is 6.04 Å². The Kier molecular flexibility index (Phi) is 4.11. The summed E-state index contributed by atoms with van der Waals surface area (Å²) in [6, 6.07) is 9.78. The number of benzene rings is 1. The van der Waals surface area contributed by atoms with Crippen LogP contribution in [0.25, 0.3) is 0 Å². The molecule has 3 rings (SSSR count). The second-order valence-corrected chi connectivity index (χ2v) is 6.34. The van der Waals surface area contributed by atoms with E-state index in [0.717, 1.165) is 18.8 Å². The highest BCUT2D eigenvalue weighted by Gasteiger charge is 2.25. The van der Waals surface area contributed by atoms with Gasteiger partial charge in [-0.25, -0.2) is 0 Å². The molecule has 1 aliphatic heterocycles. The summed E-state index contributed by atoms with van der Waals surface area (Å²) < 4.78 is 2.26. The van der Waals surface area contributed by atoms with Crippen LogP contribution in [0.1, 0.15) is 18.7 Å². The normalized spacial score (nSPS) is 17.5. The summed E-state index contributed by atoms with van der Waals surface area (Å²) in [6.07, 6.45) is 2.11. The molecular formula is C15H15Cl2N3S. The highest BCUT2D eigenvalue weighted by molar-refractivity contribution is 7.80. The fraction of sp³-hybridized carbons (Fsp3) is 0.267. The molecule has 2 heterocycles. The Morgan fingerprint density at radius 3 is 2.67 bits per heavy atom. The van der Waals surface area contributed by atoms with Gasteiger partial charge in [0.2, 0.25) is 0 Å². The van der Waals surface area contributed by atoms with E-state index >= 15 is 0 Å². The zero-order valence-electron chi connectivity index (χ0n) is 11.5. The number of rotatable bonds is 1. The van der Waals surface area contributed by atoms with E-state index in [1.165, 1.54) is 5.69 Å². The maximum absolute atomic E-state index is 6.02. The van der Waals surface area contributed by atoms with E-state index < -0.39 is 0 Å². The lowest BCUT2D eigenvalue weighted by molar-refractivity contribution is 0.276. The first-order valence-corrected chi connectivity index (χ1v) is 7.90. The minimum absolute atomic E-state index is 0.239. The predicted octanol–water partition coefficient (Wildman–Crippen LogP) is 4.57. The van der Waals surface area contributed by atoms with Crippen molar-refractivity contribution in [2.24, 2.45) is 0 Å². The number of nitrogens with zero attached hydrogens (tertiary/aromatic N) is 2. The van der Waals surface area contributed by atoms with Crippen molar-refractivity contribution in [2.75, 3.05) is 11.9 Å². The Balaban J connectivity index is 1.77. The van der Waals surface area contributed by atoms with E-state index in [0.29, 0.717) is 15.2 Å². The standard InChI is InChI=1S/C15H15Cl2N3S/c1-10-14-3-2-4-19(14)5-6-20(10)15(21)18-13-8-11(16)7-12(17)9-13/h2-4,7-10H,5-6H2,1H3,(H,18,21)/t10-/m1/s1. The summed E-state index contributed by atoms with van der Waals surface area (Å²) in [5.74, 6) is 0. The third kappa shape index (κ3) is 3.03. The van der Waals surface area contributed by atoms with E-state index in [1.54, 1.807) is 6.07 Å². The molecule has 1 aromatic heterocycles. The van der Waals surface area contributed by atoms with Gasteiger partial charge in [-0.2, -0.15) is 0 Å². The molecule has 110 valence electrons. The second kappa shape index (κ2) is 5.87. The van der Waals surface area contributed by atoms with Gasteiger partial charge in [0, 0.05) is 40.7 Å². The molecule has 0 saturated carbocycles. The molecule has 6 heteroatoms. The zero-order chi connectivity index (χ0) is 15.0. The molecule has 0 aliphatic carbocycles. The van der Waals surface area contributed by atoms with Crippen LogP contribution in [0.3, 0.4) is 0 Å². The Hall–Kier alpha value is -1.23. The van der Waals surface area contributed by atoms with Gasteiger partial charge >= 0.3 is 0 Å². The number of anilines is 1. The van der Waals surface area contributed by atoms with E-state index in [2.05, 4.69) is 40.0 Å². The molecular weight excluding hydrogens is 325 g/mol. The number of halogens is 2. The summed E-state index contributed by atoms with van der Waals surface area (Å²) in [5, 5.41) is 5.10. The van der Waals surface area contributed by atoms with E-state index in [9.17, 15) is 0 Å². The first-order chi connectivity index (χ1) is 10.0. The van der Waals surface area contributed by atoms with Crippen molar-refractivity contribution in [1.29, 1.82) is 0 Å². The fourth-order valence-corrected chi connectivity index (χ4v) is 3.57. The van der Waals surface area contributed by atoms with Gasteiger partial charge in [-0.3, -0.25) is 0 Å². The third-order valence-corrected chi connectivity index (χ3v) is 4.49. The van der Waals surface area contributed by atoms with Crippen LogP contribution in [0.5, 0.6) is 0 Å². The SMILES string of the molecule is C[C@@H]1c2cccn2CCN1C(=S)Nc1cc(Cl)cc(Cl)c1. The van der Waals surface area contributed by atoms with Crippen LogP contribution < -0.4 is 5.32 Å². The maximum atomic E-state index is 6.02. The van der Waals surface area contributed by atoms with Crippen molar-refractivity contribution in [3.05, 3.63) is 52.3 Å². The van der Waals surface area contributed by atoms with Crippen LogP contribution in [0.2, 0.25) is 10.0 Å². The Labute approximate surface area is 139 Å². The van der Waals surface area contributed by atoms with Gasteiger partial charge in [-0.15, -0.1) is 0 Å². The summed E-state index contributed by atoms with van der Waals surface area (Å²) in [6.45, 7) is 3.97. The lowest BCUT2D eigenvalue weighted by Gasteiger charge is -2.36. The molecule has 1 atom stereocenters. The molecule has 1 N–H and O–H groups in total. The second-order valence-electron chi connectivity index (χ2n) is 5.08. The predicted molar refractivity (Wildman–Crippen MR) is 92.2 cm³/mol.